The Morgan fingerprint density at radius 2 is 2.41 bits per heavy atom. The van der Waals surface area contributed by atoms with Crippen LogP contribution in [-0.2, 0) is 11.2 Å². The van der Waals surface area contributed by atoms with Crippen molar-refractivity contribution in [1.82, 2.24) is 9.88 Å². The van der Waals surface area contributed by atoms with Gasteiger partial charge >= 0.3 is 5.97 Å². The van der Waals surface area contributed by atoms with Crippen LogP contribution in [0.1, 0.15) is 12.0 Å². The number of pyridine rings is 1. The van der Waals surface area contributed by atoms with E-state index in [0.717, 1.165) is 12.0 Å². The molecule has 1 aliphatic heterocycles. The molecule has 0 spiro atoms. The summed E-state index contributed by atoms with van der Waals surface area (Å²) in [5.74, 6) is -0.854. The summed E-state index contributed by atoms with van der Waals surface area (Å²) in [5.41, 5.74) is 1.08. The van der Waals surface area contributed by atoms with E-state index in [-0.39, 0.29) is 0 Å². The van der Waals surface area contributed by atoms with E-state index >= 15 is 0 Å². The fourth-order valence-corrected chi connectivity index (χ4v) is 2.20. The standard InChI is InChI=1S/C12H16N2O3/c15-10-6-11(12(16)17)14(8-10)5-3-9-2-1-4-13-7-9/h1-2,4,7,10-11,15H,3,5-6,8H2,(H,16,17). The lowest BCUT2D eigenvalue weighted by Crippen LogP contribution is -2.37. The van der Waals surface area contributed by atoms with Gasteiger partial charge in [-0.3, -0.25) is 14.7 Å². The van der Waals surface area contributed by atoms with Gasteiger partial charge in [-0.15, -0.1) is 0 Å². The summed E-state index contributed by atoms with van der Waals surface area (Å²) in [6, 6.07) is 3.28. The minimum Gasteiger partial charge on any atom is -0.480 e. The number of carboxylic acid groups (broad SMARTS) is 1. The van der Waals surface area contributed by atoms with E-state index in [0.29, 0.717) is 19.5 Å². The van der Waals surface area contributed by atoms with E-state index in [4.69, 9.17) is 5.11 Å². The predicted octanol–water partition coefficient (Wildman–Crippen LogP) is 0.144. The van der Waals surface area contributed by atoms with Gasteiger partial charge in [-0.05, 0) is 18.1 Å². The van der Waals surface area contributed by atoms with Crippen molar-refractivity contribution in [2.24, 2.45) is 0 Å². The van der Waals surface area contributed by atoms with Gasteiger partial charge in [0.25, 0.3) is 0 Å². The number of aromatic nitrogens is 1. The Hall–Kier alpha value is -1.46. The first kappa shape index (κ1) is 12.0. The number of carbonyl (C=O) groups is 1. The van der Waals surface area contributed by atoms with Crippen LogP contribution in [0.2, 0.25) is 0 Å². The van der Waals surface area contributed by atoms with Crippen LogP contribution in [0.4, 0.5) is 0 Å². The van der Waals surface area contributed by atoms with Crippen LogP contribution in [0, 0.1) is 0 Å². The van der Waals surface area contributed by atoms with Gasteiger partial charge in [-0.2, -0.15) is 0 Å². The second-order valence-corrected chi connectivity index (χ2v) is 4.35. The number of rotatable bonds is 4. The van der Waals surface area contributed by atoms with E-state index in [1.54, 1.807) is 12.4 Å². The molecule has 1 aromatic heterocycles. The Kier molecular flexibility index (Phi) is 3.71. The van der Waals surface area contributed by atoms with E-state index in [9.17, 15) is 9.90 Å². The molecule has 0 amide bonds. The van der Waals surface area contributed by atoms with Crippen molar-refractivity contribution < 1.29 is 15.0 Å². The third-order valence-electron chi connectivity index (χ3n) is 3.08. The zero-order chi connectivity index (χ0) is 12.3. The number of nitrogens with zero attached hydrogens (tertiary/aromatic N) is 2. The number of aliphatic hydroxyl groups excluding tert-OH is 1. The molecular formula is C12H16N2O3. The Balaban J connectivity index is 1.92. The largest absolute Gasteiger partial charge is 0.480 e. The van der Waals surface area contributed by atoms with Crippen LogP contribution in [0.25, 0.3) is 0 Å². The highest BCUT2D eigenvalue weighted by Gasteiger charge is 2.35. The Labute approximate surface area is 99.7 Å². The Morgan fingerprint density at radius 1 is 1.59 bits per heavy atom. The molecule has 2 N–H and O–H groups in total. The molecule has 0 saturated carbocycles. The number of aliphatic carboxylic acids is 1. The predicted molar refractivity (Wildman–Crippen MR) is 61.6 cm³/mol. The highest BCUT2D eigenvalue weighted by molar-refractivity contribution is 5.74. The van der Waals surface area contributed by atoms with E-state index < -0.39 is 18.1 Å². The molecule has 2 unspecified atom stereocenters. The van der Waals surface area contributed by atoms with Gasteiger partial charge in [-0.25, -0.2) is 0 Å². The summed E-state index contributed by atoms with van der Waals surface area (Å²) in [7, 11) is 0. The molecule has 0 aromatic carbocycles. The van der Waals surface area contributed by atoms with Crippen molar-refractivity contribution in [3.63, 3.8) is 0 Å². The maximum absolute atomic E-state index is 11.0. The molecular weight excluding hydrogens is 220 g/mol. The van der Waals surface area contributed by atoms with Crippen molar-refractivity contribution in [3.05, 3.63) is 30.1 Å². The highest BCUT2D eigenvalue weighted by Crippen LogP contribution is 2.18. The first-order valence-electron chi connectivity index (χ1n) is 5.70. The van der Waals surface area contributed by atoms with Crippen LogP contribution in [0.3, 0.4) is 0 Å². The molecule has 1 saturated heterocycles. The summed E-state index contributed by atoms with van der Waals surface area (Å²) in [6.45, 7) is 1.08. The molecule has 17 heavy (non-hydrogen) atoms. The third-order valence-corrected chi connectivity index (χ3v) is 3.08. The average Bonchev–Trinajstić information content (AvgIpc) is 2.69. The smallest absolute Gasteiger partial charge is 0.321 e. The molecule has 92 valence electrons. The lowest BCUT2D eigenvalue weighted by atomic mass is 10.2. The first-order valence-corrected chi connectivity index (χ1v) is 5.70. The summed E-state index contributed by atoms with van der Waals surface area (Å²) < 4.78 is 0. The maximum atomic E-state index is 11.0. The molecule has 5 heteroatoms. The van der Waals surface area contributed by atoms with E-state index in [2.05, 4.69) is 4.98 Å². The molecule has 0 radical (unpaired) electrons. The number of likely N-dealkylation sites (tertiary alicyclic amines) is 1. The fourth-order valence-electron chi connectivity index (χ4n) is 2.20. The molecule has 1 aromatic rings. The lowest BCUT2D eigenvalue weighted by molar-refractivity contribution is -0.142. The SMILES string of the molecule is O=C(O)C1CC(O)CN1CCc1cccnc1. The molecule has 2 heterocycles. The van der Waals surface area contributed by atoms with Gasteiger partial charge in [0.2, 0.25) is 0 Å². The number of aliphatic hydroxyl groups is 1. The van der Waals surface area contributed by atoms with Gasteiger partial charge in [-0.1, -0.05) is 6.07 Å². The summed E-state index contributed by atoms with van der Waals surface area (Å²) in [4.78, 5) is 16.8. The van der Waals surface area contributed by atoms with E-state index in [1.165, 1.54) is 0 Å². The Bertz CT molecular complexity index is 383. The molecule has 1 aliphatic rings. The molecule has 1 fully saturated rings. The first-order chi connectivity index (χ1) is 8.16. The maximum Gasteiger partial charge on any atom is 0.321 e. The number of hydrogen-bond acceptors (Lipinski definition) is 4. The van der Waals surface area contributed by atoms with Crippen molar-refractivity contribution in [2.75, 3.05) is 13.1 Å². The second kappa shape index (κ2) is 5.25. The van der Waals surface area contributed by atoms with Crippen molar-refractivity contribution >= 4 is 5.97 Å². The topological polar surface area (TPSA) is 73.7 Å². The minimum atomic E-state index is -0.854. The zero-order valence-electron chi connectivity index (χ0n) is 9.49. The molecule has 0 aliphatic carbocycles. The van der Waals surface area contributed by atoms with Crippen LogP contribution < -0.4 is 0 Å². The van der Waals surface area contributed by atoms with Crippen LogP contribution in [-0.4, -0.2) is 51.3 Å². The average molecular weight is 236 g/mol. The number of hydrogen-bond donors (Lipinski definition) is 2. The number of β-amino-alcohol motifs (C(OH)–C–C–N with tert-alkyl or cyclic N) is 1. The zero-order valence-corrected chi connectivity index (χ0v) is 9.49. The molecule has 2 rings (SSSR count). The Morgan fingerprint density at radius 3 is 3.06 bits per heavy atom. The molecule has 2 atom stereocenters. The molecule has 0 bridgehead atoms. The quantitative estimate of drug-likeness (QED) is 0.778. The van der Waals surface area contributed by atoms with Gasteiger partial charge in [0, 0.05) is 31.9 Å². The van der Waals surface area contributed by atoms with Crippen LogP contribution >= 0.6 is 0 Å². The second-order valence-electron chi connectivity index (χ2n) is 4.35. The van der Waals surface area contributed by atoms with Crippen molar-refractivity contribution in [3.8, 4) is 0 Å². The normalized spacial score (nSPS) is 25.0. The van der Waals surface area contributed by atoms with Crippen molar-refractivity contribution in [2.45, 2.75) is 25.0 Å². The minimum absolute atomic E-state index is 0.322. The molecule has 5 nitrogen and oxygen atoms in total. The van der Waals surface area contributed by atoms with Crippen molar-refractivity contribution in [1.29, 1.82) is 0 Å². The van der Waals surface area contributed by atoms with Gasteiger partial charge in [0.05, 0.1) is 6.10 Å². The third kappa shape index (κ3) is 3.01. The number of carboxylic acids is 1. The monoisotopic (exact) mass is 236 g/mol. The van der Waals surface area contributed by atoms with E-state index in [1.807, 2.05) is 17.0 Å². The lowest BCUT2D eigenvalue weighted by Gasteiger charge is -2.20. The fraction of sp³-hybridized carbons (Fsp3) is 0.500. The van der Waals surface area contributed by atoms with Gasteiger partial charge < -0.3 is 10.2 Å². The van der Waals surface area contributed by atoms with Gasteiger partial charge in [0.15, 0.2) is 0 Å². The summed E-state index contributed by atoms with van der Waals surface area (Å²) in [5, 5.41) is 18.5. The summed E-state index contributed by atoms with van der Waals surface area (Å²) in [6.07, 6.45) is 4.04. The van der Waals surface area contributed by atoms with Crippen LogP contribution in [0.5, 0.6) is 0 Å². The highest BCUT2D eigenvalue weighted by atomic mass is 16.4. The van der Waals surface area contributed by atoms with Crippen LogP contribution in [0.15, 0.2) is 24.5 Å². The van der Waals surface area contributed by atoms with Gasteiger partial charge in [0.1, 0.15) is 6.04 Å². The summed E-state index contributed by atoms with van der Waals surface area (Å²) >= 11 is 0.